The number of hydrogen-bond acceptors (Lipinski definition) is 6. The molecule has 162 valence electrons. The van der Waals surface area contributed by atoms with E-state index in [1.165, 1.54) is 16.6 Å². The van der Waals surface area contributed by atoms with Crippen molar-refractivity contribution in [3.63, 3.8) is 0 Å². The Morgan fingerprint density at radius 1 is 1.23 bits per heavy atom. The molecule has 0 bridgehead atoms. The van der Waals surface area contributed by atoms with Crippen LogP contribution in [0.25, 0.3) is 0 Å². The third-order valence-electron chi connectivity index (χ3n) is 5.84. The molecule has 8 nitrogen and oxygen atoms in total. The van der Waals surface area contributed by atoms with Crippen molar-refractivity contribution in [2.45, 2.75) is 31.6 Å². The summed E-state index contributed by atoms with van der Waals surface area (Å²) in [5.74, 6) is 1.08. The summed E-state index contributed by atoms with van der Waals surface area (Å²) < 4.78 is 43.8. The van der Waals surface area contributed by atoms with Gasteiger partial charge in [-0.2, -0.15) is 4.98 Å². The van der Waals surface area contributed by atoms with Crippen LogP contribution in [-0.4, -0.2) is 66.1 Å². The number of piperidine rings is 1. The molecular weight excluding hydrogens is 411 g/mol. The number of benzene rings is 1. The maximum absolute atomic E-state index is 13.7. The highest BCUT2D eigenvalue weighted by molar-refractivity contribution is 7.88. The minimum atomic E-state index is -3.16. The lowest BCUT2D eigenvalue weighted by atomic mass is 9.95. The number of amides is 1. The predicted octanol–water partition coefficient (Wildman–Crippen LogP) is 1.59. The van der Waals surface area contributed by atoms with Crippen molar-refractivity contribution in [2.24, 2.45) is 5.92 Å². The van der Waals surface area contributed by atoms with Crippen LogP contribution in [0.1, 0.15) is 36.0 Å². The van der Waals surface area contributed by atoms with Gasteiger partial charge in [-0.05, 0) is 24.5 Å². The molecule has 0 unspecified atom stereocenters. The Hall–Kier alpha value is -2.33. The first-order valence-electron chi connectivity index (χ1n) is 10.1. The van der Waals surface area contributed by atoms with Crippen LogP contribution in [0.3, 0.4) is 0 Å². The molecule has 1 amide bonds. The van der Waals surface area contributed by atoms with Crippen molar-refractivity contribution < 1.29 is 22.1 Å². The van der Waals surface area contributed by atoms with Gasteiger partial charge in [-0.25, -0.2) is 17.1 Å². The molecule has 0 atom stereocenters. The number of halogens is 1. The number of carbonyl (C=O) groups excluding carboxylic acids is 1. The van der Waals surface area contributed by atoms with E-state index >= 15 is 0 Å². The summed E-state index contributed by atoms with van der Waals surface area (Å²) in [6.07, 6.45) is 3.24. The van der Waals surface area contributed by atoms with Gasteiger partial charge in [0.1, 0.15) is 5.82 Å². The van der Waals surface area contributed by atoms with E-state index < -0.39 is 10.0 Å². The maximum atomic E-state index is 13.7. The van der Waals surface area contributed by atoms with E-state index in [1.807, 2.05) is 0 Å². The van der Waals surface area contributed by atoms with Gasteiger partial charge in [-0.1, -0.05) is 23.4 Å². The zero-order valence-corrected chi connectivity index (χ0v) is 17.6. The number of carbonyl (C=O) groups is 1. The number of sulfonamides is 1. The zero-order chi connectivity index (χ0) is 21.3. The van der Waals surface area contributed by atoms with Gasteiger partial charge in [-0.15, -0.1) is 0 Å². The third kappa shape index (κ3) is 4.70. The minimum Gasteiger partial charge on any atom is -0.342 e. The molecule has 0 radical (unpaired) electrons. The minimum absolute atomic E-state index is 0.0658. The van der Waals surface area contributed by atoms with Crippen LogP contribution in [0.15, 0.2) is 28.8 Å². The van der Waals surface area contributed by atoms with Crippen LogP contribution in [-0.2, 0) is 27.7 Å². The van der Waals surface area contributed by atoms with Crippen LogP contribution in [0.4, 0.5) is 4.39 Å². The second-order valence-corrected chi connectivity index (χ2v) is 10.1. The summed E-state index contributed by atoms with van der Waals surface area (Å²) in [5, 5.41) is 4.08. The van der Waals surface area contributed by atoms with Crippen molar-refractivity contribution in [3.8, 4) is 0 Å². The lowest BCUT2D eigenvalue weighted by Gasteiger charge is -2.38. The molecule has 2 aromatic rings. The summed E-state index contributed by atoms with van der Waals surface area (Å²) in [5.41, 5.74) is 0.411. The van der Waals surface area contributed by atoms with E-state index in [1.54, 1.807) is 23.1 Å². The second-order valence-electron chi connectivity index (χ2n) is 8.12. The van der Waals surface area contributed by atoms with Crippen LogP contribution in [0, 0.1) is 11.7 Å². The molecule has 2 saturated heterocycles. The Bertz CT molecular complexity index is 1010. The molecule has 10 heteroatoms. The van der Waals surface area contributed by atoms with Crippen LogP contribution < -0.4 is 0 Å². The highest BCUT2D eigenvalue weighted by Gasteiger charge is 2.33. The lowest BCUT2D eigenvalue weighted by molar-refractivity contribution is -0.136. The summed E-state index contributed by atoms with van der Waals surface area (Å²) in [7, 11) is -3.16. The van der Waals surface area contributed by atoms with Gasteiger partial charge in [0.2, 0.25) is 21.8 Å². The first-order valence-corrected chi connectivity index (χ1v) is 11.9. The fourth-order valence-electron chi connectivity index (χ4n) is 4.03. The molecule has 0 saturated carbocycles. The van der Waals surface area contributed by atoms with Gasteiger partial charge in [-0.3, -0.25) is 4.79 Å². The van der Waals surface area contributed by atoms with Crippen molar-refractivity contribution >= 4 is 15.9 Å². The first kappa shape index (κ1) is 20.9. The molecule has 0 N–H and O–H groups in total. The van der Waals surface area contributed by atoms with Crippen molar-refractivity contribution in [1.82, 2.24) is 19.3 Å². The SMILES string of the molecule is CS(=O)(=O)N1CCC(c2noc(CC3CN(C(=O)Cc4ccccc4F)C3)n2)CC1. The zero-order valence-electron chi connectivity index (χ0n) is 16.8. The van der Waals surface area contributed by atoms with Gasteiger partial charge >= 0.3 is 0 Å². The highest BCUT2D eigenvalue weighted by Crippen LogP contribution is 2.28. The number of aromatic nitrogens is 2. The van der Waals surface area contributed by atoms with Gasteiger partial charge in [0, 0.05) is 44.4 Å². The Balaban J connectivity index is 1.24. The maximum Gasteiger partial charge on any atom is 0.227 e. The molecule has 2 aliphatic rings. The molecule has 1 aromatic heterocycles. The quantitative estimate of drug-likeness (QED) is 0.682. The molecule has 3 heterocycles. The van der Waals surface area contributed by atoms with E-state index in [0.717, 1.165) is 0 Å². The Morgan fingerprint density at radius 2 is 1.93 bits per heavy atom. The summed E-state index contributed by atoms with van der Waals surface area (Å²) >= 11 is 0. The smallest absolute Gasteiger partial charge is 0.227 e. The van der Waals surface area contributed by atoms with Crippen LogP contribution >= 0.6 is 0 Å². The Labute approximate surface area is 175 Å². The highest BCUT2D eigenvalue weighted by atomic mass is 32.2. The van der Waals surface area contributed by atoms with E-state index in [9.17, 15) is 17.6 Å². The fraction of sp³-hybridized carbons (Fsp3) is 0.550. The standard InChI is InChI=1S/C20H25FN4O4S/c1-30(27,28)25-8-6-15(7-9-25)20-22-18(29-23-20)10-14-12-24(13-14)19(26)11-16-4-2-3-5-17(16)21/h2-5,14-15H,6-13H2,1H3. The number of likely N-dealkylation sites (tertiary alicyclic amines) is 1. The van der Waals surface area contributed by atoms with Crippen LogP contribution in [0.5, 0.6) is 0 Å². The monoisotopic (exact) mass is 436 g/mol. The summed E-state index contributed by atoms with van der Waals surface area (Å²) in [6.45, 7) is 2.12. The van der Waals surface area contributed by atoms with Gasteiger partial charge in [0.25, 0.3) is 0 Å². The molecule has 0 aliphatic carbocycles. The summed E-state index contributed by atoms with van der Waals surface area (Å²) in [4.78, 5) is 18.5. The largest absolute Gasteiger partial charge is 0.342 e. The van der Waals surface area contributed by atoms with E-state index in [4.69, 9.17) is 4.52 Å². The van der Waals surface area contributed by atoms with E-state index in [2.05, 4.69) is 10.1 Å². The molecule has 2 fully saturated rings. The molecule has 0 spiro atoms. The Kier molecular flexibility index (Phi) is 5.88. The topological polar surface area (TPSA) is 96.6 Å². The molecule has 30 heavy (non-hydrogen) atoms. The van der Waals surface area contributed by atoms with Crippen molar-refractivity contribution in [1.29, 1.82) is 0 Å². The average Bonchev–Trinajstić information content (AvgIpc) is 3.14. The third-order valence-corrected chi connectivity index (χ3v) is 7.15. The summed E-state index contributed by atoms with van der Waals surface area (Å²) in [6, 6.07) is 6.32. The lowest BCUT2D eigenvalue weighted by Crippen LogP contribution is -2.51. The fourth-order valence-corrected chi connectivity index (χ4v) is 4.90. The van der Waals surface area contributed by atoms with Gasteiger partial charge < -0.3 is 9.42 Å². The molecule has 2 aliphatic heterocycles. The number of rotatable bonds is 6. The predicted molar refractivity (Wildman–Crippen MR) is 107 cm³/mol. The van der Waals surface area contributed by atoms with Crippen LogP contribution in [0.2, 0.25) is 0 Å². The first-order chi connectivity index (χ1) is 14.3. The van der Waals surface area contributed by atoms with Gasteiger partial charge in [0.05, 0.1) is 12.7 Å². The number of nitrogens with zero attached hydrogens (tertiary/aromatic N) is 4. The van der Waals surface area contributed by atoms with E-state index in [0.29, 0.717) is 62.7 Å². The molecule has 4 rings (SSSR count). The van der Waals surface area contributed by atoms with Crippen molar-refractivity contribution in [3.05, 3.63) is 47.4 Å². The van der Waals surface area contributed by atoms with Crippen molar-refractivity contribution in [2.75, 3.05) is 32.4 Å². The number of hydrogen-bond donors (Lipinski definition) is 0. The second kappa shape index (κ2) is 8.43. The Morgan fingerprint density at radius 3 is 2.60 bits per heavy atom. The molecular formula is C20H25FN4O4S. The van der Waals surface area contributed by atoms with E-state index in [-0.39, 0.29) is 30.0 Å². The van der Waals surface area contributed by atoms with Gasteiger partial charge in [0.15, 0.2) is 5.82 Å². The normalized spacial score (nSPS) is 19.1. The average molecular weight is 437 g/mol. The molecule has 1 aromatic carbocycles.